The summed E-state index contributed by atoms with van der Waals surface area (Å²) in [4.78, 5) is 11.4. The number of rotatable bonds is 3. The van der Waals surface area contributed by atoms with Crippen molar-refractivity contribution in [3.63, 3.8) is 0 Å². The Morgan fingerprint density at radius 3 is 2.69 bits per heavy atom. The average molecular weight is 222 g/mol. The summed E-state index contributed by atoms with van der Waals surface area (Å²) >= 11 is 0. The van der Waals surface area contributed by atoms with Crippen LogP contribution < -0.4 is 0 Å². The van der Waals surface area contributed by atoms with E-state index in [4.69, 9.17) is 4.74 Å². The summed E-state index contributed by atoms with van der Waals surface area (Å²) in [5.41, 5.74) is -0.274. The molecule has 0 radical (unpaired) electrons. The summed E-state index contributed by atoms with van der Waals surface area (Å²) in [6.45, 7) is 1.62. The summed E-state index contributed by atoms with van der Waals surface area (Å²) in [6, 6.07) is 9.12. The van der Waals surface area contributed by atoms with Crippen molar-refractivity contribution in [1.29, 1.82) is 0 Å². The molecule has 1 saturated heterocycles. The largest absolute Gasteiger partial charge is 0.467 e. The number of aliphatic hydroxyl groups is 1. The fourth-order valence-electron chi connectivity index (χ4n) is 1.79. The van der Waals surface area contributed by atoms with E-state index in [1.54, 1.807) is 19.1 Å². The topological polar surface area (TPSA) is 59.1 Å². The maximum atomic E-state index is 11.4. The Bertz CT molecular complexity index is 389. The van der Waals surface area contributed by atoms with E-state index in [9.17, 15) is 9.90 Å². The Morgan fingerprint density at radius 1 is 1.50 bits per heavy atom. The number of hydrogen-bond acceptors (Lipinski definition) is 4. The molecule has 3 atom stereocenters. The first-order chi connectivity index (χ1) is 7.59. The van der Waals surface area contributed by atoms with Crippen molar-refractivity contribution in [2.75, 3.05) is 7.11 Å². The van der Waals surface area contributed by atoms with Crippen LogP contribution >= 0.6 is 0 Å². The van der Waals surface area contributed by atoms with Crippen LogP contribution in [0.4, 0.5) is 0 Å². The van der Waals surface area contributed by atoms with Gasteiger partial charge in [0, 0.05) is 0 Å². The molecule has 86 valence electrons. The maximum Gasteiger partial charge on any atom is 0.340 e. The highest BCUT2D eigenvalue weighted by atomic mass is 16.7. The maximum absolute atomic E-state index is 11.4. The Morgan fingerprint density at radius 2 is 2.12 bits per heavy atom. The molecule has 4 heteroatoms. The minimum atomic E-state index is -1.01. The molecule has 0 bridgehead atoms. The van der Waals surface area contributed by atoms with Gasteiger partial charge < -0.3 is 14.6 Å². The minimum absolute atomic E-state index is 0.451. The van der Waals surface area contributed by atoms with Crippen molar-refractivity contribution in [1.82, 2.24) is 0 Å². The molecule has 1 aliphatic heterocycles. The Kier molecular flexibility index (Phi) is 2.69. The monoisotopic (exact) mass is 222 g/mol. The van der Waals surface area contributed by atoms with E-state index >= 15 is 0 Å². The summed E-state index contributed by atoms with van der Waals surface area (Å²) < 4.78 is 9.87. The fraction of sp³-hybridized carbons (Fsp3) is 0.417. The zero-order chi connectivity index (χ0) is 11.8. The van der Waals surface area contributed by atoms with E-state index in [-0.39, 0.29) is 0 Å². The van der Waals surface area contributed by atoms with Gasteiger partial charge in [-0.3, -0.25) is 0 Å². The zero-order valence-corrected chi connectivity index (χ0v) is 9.21. The SMILES string of the molecule is COC(=O)[C@]1(C)O[C@@H]1[C@H](O)c1ccccc1. The lowest BCUT2D eigenvalue weighted by atomic mass is 9.98. The molecule has 0 amide bonds. The number of carbonyl (C=O) groups excluding carboxylic acids is 1. The second-order valence-corrected chi connectivity index (χ2v) is 3.99. The van der Waals surface area contributed by atoms with Crippen molar-refractivity contribution in [3.05, 3.63) is 35.9 Å². The molecule has 1 aromatic rings. The van der Waals surface area contributed by atoms with Gasteiger partial charge in [0.15, 0.2) is 5.60 Å². The van der Waals surface area contributed by atoms with Gasteiger partial charge in [-0.25, -0.2) is 4.79 Å². The lowest BCUT2D eigenvalue weighted by molar-refractivity contribution is -0.146. The Labute approximate surface area is 93.8 Å². The van der Waals surface area contributed by atoms with Gasteiger partial charge in [-0.15, -0.1) is 0 Å². The predicted octanol–water partition coefficient (Wildman–Crippen LogP) is 1.05. The summed E-state index contributed by atoms with van der Waals surface area (Å²) in [5.74, 6) is -0.451. The standard InChI is InChI=1S/C12H14O4/c1-12(11(14)15-2)10(16-12)9(13)8-6-4-3-5-7-8/h3-7,9-10,13H,1-2H3/t9-,10-,12-/m1/s1. The minimum Gasteiger partial charge on any atom is -0.467 e. The normalized spacial score (nSPS) is 29.6. The molecule has 0 saturated carbocycles. The number of esters is 1. The smallest absolute Gasteiger partial charge is 0.340 e. The first-order valence-electron chi connectivity index (χ1n) is 5.09. The molecule has 1 aromatic carbocycles. The predicted molar refractivity (Wildman–Crippen MR) is 56.7 cm³/mol. The van der Waals surface area contributed by atoms with E-state index in [2.05, 4.69) is 4.74 Å². The molecular formula is C12H14O4. The van der Waals surface area contributed by atoms with Crippen LogP contribution in [0.25, 0.3) is 0 Å². The van der Waals surface area contributed by atoms with Crippen molar-refractivity contribution in [2.24, 2.45) is 0 Å². The molecule has 2 rings (SSSR count). The summed E-state index contributed by atoms with van der Waals surface area (Å²) in [6.07, 6.45) is -1.33. The van der Waals surface area contributed by atoms with Crippen LogP contribution in [0.3, 0.4) is 0 Å². The molecule has 1 N–H and O–H groups in total. The molecule has 16 heavy (non-hydrogen) atoms. The lowest BCUT2D eigenvalue weighted by Crippen LogP contribution is -2.27. The van der Waals surface area contributed by atoms with E-state index in [1.807, 2.05) is 18.2 Å². The first kappa shape index (κ1) is 11.1. The average Bonchev–Trinajstić information content (AvgIpc) is 3.02. The molecule has 0 unspecified atom stereocenters. The molecule has 4 nitrogen and oxygen atoms in total. The van der Waals surface area contributed by atoms with Gasteiger partial charge in [0.25, 0.3) is 0 Å². The van der Waals surface area contributed by atoms with E-state index in [1.165, 1.54) is 7.11 Å². The number of aliphatic hydroxyl groups excluding tert-OH is 1. The van der Waals surface area contributed by atoms with Gasteiger partial charge in [-0.2, -0.15) is 0 Å². The molecule has 0 aliphatic carbocycles. The number of methoxy groups -OCH3 is 1. The van der Waals surface area contributed by atoms with Gasteiger partial charge in [0.1, 0.15) is 12.2 Å². The molecule has 0 aromatic heterocycles. The molecule has 1 aliphatic rings. The Hall–Kier alpha value is -1.39. The second kappa shape index (κ2) is 3.88. The molecular weight excluding hydrogens is 208 g/mol. The third kappa shape index (κ3) is 1.70. The quantitative estimate of drug-likeness (QED) is 0.613. The van der Waals surface area contributed by atoms with Crippen LogP contribution in [-0.2, 0) is 14.3 Å². The van der Waals surface area contributed by atoms with Crippen LogP contribution in [0.2, 0.25) is 0 Å². The van der Waals surface area contributed by atoms with Gasteiger partial charge in [0.2, 0.25) is 0 Å². The number of benzene rings is 1. The molecule has 1 fully saturated rings. The number of carbonyl (C=O) groups is 1. The van der Waals surface area contributed by atoms with Crippen molar-refractivity contribution >= 4 is 5.97 Å². The van der Waals surface area contributed by atoms with Crippen LogP contribution in [0.15, 0.2) is 30.3 Å². The van der Waals surface area contributed by atoms with Gasteiger partial charge in [-0.1, -0.05) is 30.3 Å². The first-order valence-corrected chi connectivity index (χ1v) is 5.09. The Balaban J connectivity index is 2.10. The van der Waals surface area contributed by atoms with E-state index in [0.29, 0.717) is 0 Å². The van der Waals surface area contributed by atoms with Gasteiger partial charge in [-0.05, 0) is 12.5 Å². The summed E-state index contributed by atoms with van der Waals surface area (Å²) in [7, 11) is 1.31. The third-order valence-electron chi connectivity index (χ3n) is 2.88. The van der Waals surface area contributed by atoms with E-state index < -0.39 is 23.8 Å². The number of epoxide rings is 1. The highest BCUT2D eigenvalue weighted by molar-refractivity contribution is 5.83. The van der Waals surface area contributed by atoms with Crippen LogP contribution in [-0.4, -0.2) is 29.9 Å². The highest BCUT2D eigenvalue weighted by Gasteiger charge is 2.63. The van der Waals surface area contributed by atoms with Crippen LogP contribution in [0, 0.1) is 0 Å². The number of hydrogen-bond donors (Lipinski definition) is 1. The van der Waals surface area contributed by atoms with Gasteiger partial charge >= 0.3 is 5.97 Å². The fourth-order valence-corrected chi connectivity index (χ4v) is 1.79. The zero-order valence-electron chi connectivity index (χ0n) is 9.21. The van der Waals surface area contributed by atoms with Crippen LogP contribution in [0.5, 0.6) is 0 Å². The van der Waals surface area contributed by atoms with Crippen molar-refractivity contribution in [2.45, 2.75) is 24.7 Å². The third-order valence-corrected chi connectivity index (χ3v) is 2.88. The molecule has 0 spiro atoms. The number of ether oxygens (including phenoxy) is 2. The summed E-state index contributed by atoms with van der Waals surface area (Å²) in [5, 5.41) is 10.0. The van der Waals surface area contributed by atoms with Crippen molar-refractivity contribution in [3.8, 4) is 0 Å². The van der Waals surface area contributed by atoms with Crippen molar-refractivity contribution < 1.29 is 19.4 Å². The highest BCUT2D eigenvalue weighted by Crippen LogP contribution is 2.44. The van der Waals surface area contributed by atoms with E-state index in [0.717, 1.165) is 5.56 Å². The second-order valence-electron chi connectivity index (χ2n) is 3.99. The lowest BCUT2D eigenvalue weighted by Gasteiger charge is -2.09. The molecule has 1 heterocycles. The van der Waals surface area contributed by atoms with Gasteiger partial charge in [0.05, 0.1) is 7.11 Å². The van der Waals surface area contributed by atoms with Crippen LogP contribution in [0.1, 0.15) is 18.6 Å².